The van der Waals surface area contributed by atoms with Crippen LogP contribution in [0, 0.1) is 0 Å². The van der Waals surface area contributed by atoms with Crippen molar-refractivity contribution in [3.05, 3.63) is 0 Å². The van der Waals surface area contributed by atoms with E-state index in [1.54, 1.807) is 7.11 Å². The maximum Gasteiger partial charge on any atom is 0.0487 e. The van der Waals surface area contributed by atoms with Crippen LogP contribution in [0.15, 0.2) is 0 Å². The Labute approximate surface area is 68.7 Å². The highest BCUT2D eigenvalue weighted by atomic mass is 16.5. The summed E-state index contributed by atoms with van der Waals surface area (Å²) in [5.74, 6) is 0. The highest BCUT2D eigenvalue weighted by Crippen LogP contribution is 1.84. The quantitative estimate of drug-likeness (QED) is 0.387. The summed E-state index contributed by atoms with van der Waals surface area (Å²) in [6, 6.07) is 0. The minimum absolute atomic E-state index is 0.536. The fourth-order valence-corrected chi connectivity index (χ4v) is 0.813. The van der Waals surface area contributed by atoms with Crippen LogP contribution in [0.5, 0.6) is 0 Å². The minimum atomic E-state index is 0.536. The average Bonchev–Trinajstić information content (AvgIpc) is 2.01. The van der Waals surface area contributed by atoms with Gasteiger partial charge in [0.1, 0.15) is 0 Å². The van der Waals surface area contributed by atoms with Crippen molar-refractivity contribution in [2.75, 3.05) is 40.6 Å². The van der Waals surface area contributed by atoms with Crippen LogP contribution in [0.1, 0.15) is 6.42 Å². The molecule has 0 aliphatic heterocycles. The molecule has 0 fully saturated rings. The van der Waals surface area contributed by atoms with Crippen LogP contribution in [0.4, 0.5) is 0 Å². The Hall–Kier alpha value is -0.160. The van der Waals surface area contributed by atoms with Gasteiger partial charge in [-0.3, -0.25) is 10.2 Å². The Morgan fingerprint density at radius 1 is 1.55 bits per heavy atom. The maximum absolute atomic E-state index is 5.27. The lowest BCUT2D eigenvalue weighted by Crippen LogP contribution is -2.35. The first kappa shape index (κ1) is 10.8. The summed E-state index contributed by atoms with van der Waals surface area (Å²) in [4.78, 5) is 2.17. The van der Waals surface area contributed by atoms with E-state index in [0.29, 0.717) is 6.67 Å². The second-order valence-corrected chi connectivity index (χ2v) is 2.54. The third kappa shape index (κ3) is 7.74. The van der Waals surface area contributed by atoms with Crippen molar-refractivity contribution in [1.82, 2.24) is 10.2 Å². The lowest BCUT2D eigenvalue weighted by Gasteiger charge is -2.15. The second kappa shape index (κ2) is 7.94. The van der Waals surface area contributed by atoms with Crippen LogP contribution >= 0.6 is 0 Å². The third-order valence-electron chi connectivity index (χ3n) is 1.41. The molecule has 0 unspecified atom stereocenters. The first-order chi connectivity index (χ1) is 5.31. The topological polar surface area (TPSA) is 50.5 Å². The molecule has 0 aliphatic rings. The van der Waals surface area contributed by atoms with Gasteiger partial charge < -0.3 is 10.5 Å². The molecule has 0 amide bonds. The lowest BCUT2D eigenvalue weighted by atomic mass is 10.4. The van der Waals surface area contributed by atoms with E-state index < -0.39 is 0 Å². The summed E-state index contributed by atoms with van der Waals surface area (Å²) in [6.07, 6.45) is 1.07. The summed E-state index contributed by atoms with van der Waals surface area (Å²) >= 11 is 0. The predicted octanol–water partition coefficient (Wildman–Crippen LogP) is -0.582. The van der Waals surface area contributed by atoms with Gasteiger partial charge >= 0.3 is 0 Å². The van der Waals surface area contributed by atoms with Crippen molar-refractivity contribution >= 4 is 0 Å². The molecule has 3 N–H and O–H groups in total. The van der Waals surface area contributed by atoms with Crippen molar-refractivity contribution in [2.24, 2.45) is 5.73 Å². The summed E-state index contributed by atoms with van der Waals surface area (Å²) in [5, 5.41) is 3.04. The molecular formula is C7H19N3O. The van der Waals surface area contributed by atoms with Crippen LogP contribution < -0.4 is 11.1 Å². The van der Waals surface area contributed by atoms with Crippen LogP contribution in [0.3, 0.4) is 0 Å². The molecule has 68 valence electrons. The lowest BCUT2D eigenvalue weighted by molar-refractivity contribution is 0.177. The Kier molecular flexibility index (Phi) is 7.83. The zero-order valence-electron chi connectivity index (χ0n) is 7.47. The van der Waals surface area contributed by atoms with Gasteiger partial charge in [0.05, 0.1) is 0 Å². The number of nitrogens with two attached hydrogens (primary N) is 1. The van der Waals surface area contributed by atoms with E-state index in [1.807, 2.05) is 0 Å². The Morgan fingerprint density at radius 2 is 2.27 bits per heavy atom. The highest BCUT2D eigenvalue weighted by molar-refractivity contribution is 4.48. The molecule has 0 spiro atoms. The van der Waals surface area contributed by atoms with Gasteiger partial charge in [-0.05, 0) is 13.5 Å². The Morgan fingerprint density at radius 3 is 2.82 bits per heavy atom. The summed E-state index contributed by atoms with van der Waals surface area (Å²) < 4.78 is 4.92. The van der Waals surface area contributed by atoms with E-state index in [-0.39, 0.29) is 0 Å². The van der Waals surface area contributed by atoms with Crippen molar-refractivity contribution in [3.63, 3.8) is 0 Å². The van der Waals surface area contributed by atoms with E-state index in [0.717, 1.165) is 26.2 Å². The molecule has 0 saturated heterocycles. The van der Waals surface area contributed by atoms with Crippen LogP contribution in [0.25, 0.3) is 0 Å². The van der Waals surface area contributed by atoms with Crippen molar-refractivity contribution in [2.45, 2.75) is 6.42 Å². The van der Waals surface area contributed by atoms with E-state index in [9.17, 15) is 0 Å². The summed E-state index contributed by atoms with van der Waals surface area (Å²) in [5.41, 5.74) is 5.27. The molecule has 0 aromatic heterocycles. The Bertz CT molecular complexity index is 80.1. The van der Waals surface area contributed by atoms with Crippen molar-refractivity contribution in [3.8, 4) is 0 Å². The number of hydrogen-bond donors (Lipinski definition) is 2. The first-order valence-electron chi connectivity index (χ1n) is 3.89. The molecule has 0 heterocycles. The zero-order valence-corrected chi connectivity index (χ0v) is 7.47. The molecule has 4 nitrogen and oxygen atoms in total. The molecule has 0 aromatic rings. The minimum Gasteiger partial charge on any atom is -0.385 e. The second-order valence-electron chi connectivity index (χ2n) is 2.54. The number of hydrogen-bond acceptors (Lipinski definition) is 4. The fourth-order valence-electron chi connectivity index (χ4n) is 0.813. The van der Waals surface area contributed by atoms with Gasteiger partial charge in [0.15, 0.2) is 0 Å². The van der Waals surface area contributed by atoms with Gasteiger partial charge in [-0.25, -0.2) is 0 Å². The number of rotatable bonds is 7. The van der Waals surface area contributed by atoms with Crippen molar-refractivity contribution < 1.29 is 4.74 Å². The van der Waals surface area contributed by atoms with Crippen LogP contribution in [-0.2, 0) is 4.74 Å². The molecule has 0 rings (SSSR count). The SMILES string of the molecule is COCCCN(C)CNCN. The number of nitrogens with zero attached hydrogens (tertiary/aromatic N) is 1. The summed E-state index contributed by atoms with van der Waals surface area (Å²) in [7, 11) is 3.77. The summed E-state index contributed by atoms with van der Waals surface area (Å²) in [6.45, 7) is 3.25. The standard InChI is InChI=1S/C7H19N3O/c1-10(7-9-6-8)4-3-5-11-2/h9H,3-8H2,1-2H3. The highest BCUT2D eigenvalue weighted by Gasteiger charge is 1.94. The van der Waals surface area contributed by atoms with Gasteiger partial charge in [0, 0.05) is 33.6 Å². The molecule has 11 heavy (non-hydrogen) atoms. The van der Waals surface area contributed by atoms with E-state index >= 15 is 0 Å². The van der Waals surface area contributed by atoms with E-state index in [2.05, 4.69) is 17.3 Å². The van der Waals surface area contributed by atoms with Gasteiger partial charge in [0.2, 0.25) is 0 Å². The number of nitrogens with one attached hydrogen (secondary N) is 1. The molecule has 0 aromatic carbocycles. The molecule has 4 heteroatoms. The normalized spacial score (nSPS) is 10.9. The van der Waals surface area contributed by atoms with Crippen LogP contribution in [-0.4, -0.2) is 45.5 Å². The number of methoxy groups -OCH3 is 1. The van der Waals surface area contributed by atoms with Gasteiger partial charge in [-0.15, -0.1) is 0 Å². The molecular weight excluding hydrogens is 142 g/mol. The monoisotopic (exact) mass is 161 g/mol. The predicted molar refractivity (Wildman–Crippen MR) is 46.2 cm³/mol. The largest absolute Gasteiger partial charge is 0.385 e. The van der Waals surface area contributed by atoms with Crippen molar-refractivity contribution in [1.29, 1.82) is 0 Å². The molecule has 0 saturated carbocycles. The van der Waals surface area contributed by atoms with E-state index in [4.69, 9.17) is 10.5 Å². The number of ether oxygens (including phenoxy) is 1. The third-order valence-corrected chi connectivity index (χ3v) is 1.41. The molecule has 0 radical (unpaired) electrons. The zero-order chi connectivity index (χ0) is 8.53. The molecule has 0 bridgehead atoms. The Balaban J connectivity index is 3.02. The fraction of sp³-hybridized carbons (Fsp3) is 1.00. The van der Waals surface area contributed by atoms with Gasteiger partial charge in [-0.1, -0.05) is 0 Å². The molecule has 0 atom stereocenters. The van der Waals surface area contributed by atoms with Gasteiger partial charge in [0.25, 0.3) is 0 Å². The smallest absolute Gasteiger partial charge is 0.0487 e. The van der Waals surface area contributed by atoms with Crippen LogP contribution in [0.2, 0.25) is 0 Å². The average molecular weight is 161 g/mol. The first-order valence-corrected chi connectivity index (χ1v) is 3.89. The maximum atomic E-state index is 5.27. The molecule has 0 aliphatic carbocycles. The van der Waals surface area contributed by atoms with E-state index in [1.165, 1.54) is 0 Å². The van der Waals surface area contributed by atoms with Gasteiger partial charge in [-0.2, -0.15) is 0 Å².